The van der Waals surface area contributed by atoms with Gasteiger partial charge in [0.1, 0.15) is 10.8 Å². The molecule has 2 aromatic rings. The molecule has 1 aromatic heterocycles. The minimum atomic E-state index is -0.461. The van der Waals surface area contributed by atoms with Crippen LogP contribution in [0.3, 0.4) is 0 Å². The number of piperidine rings is 1. The number of rotatable bonds is 3. The molecule has 0 amide bonds. The highest BCUT2D eigenvalue weighted by Gasteiger charge is 2.41. The maximum Gasteiger partial charge on any atom is 0.297 e. The number of nitrogens with one attached hydrogen (secondary N) is 1. The summed E-state index contributed by atoms with van der Waals surface area (Å²) in [6, 6.07) is 4.91. The first-order valence-electron chi connectivity index (χ1n) is 9.25. The number of nitrogens with two attached hydrogens (primary N) is 1. The maximum absolute atomic E-state index is 12.6. The van der Waals surface area contributed by atoms with Crippen LogP contribution in [0.5, 0.6) is 11.5 Å². The Morgan fingerprint density at radius 3 is 2.75 bits per heavy atom. The van der Waals surface area contributed by atoms with Crippen molar-refractivity contribution >= 4 is 35.0 Å². The number of hydrogen-bond acceptors (Lipinski definition) is 6. The number of aromatic nitrogens is 2. The van der Waals surface area contributed by atoms with Crippen LogP contribution in [0.2, 0.25) is 10.0 Å². The van der Waals surface area contributed by atoms with Crippen LogP contribution in [0.4, 0.5) is 11.8 Å². The van der Waals surface area contributed by atoms with Crippen molar-refractivity contribution in [2.75, 3.05) is 30.3 Å². The quantitative estimate of drug-likeness (QED) is 0.776. The van der Waals surface area contributed by atoms with Gasteiger partial charge in [-0.2, -0.15) is 4.98 Å². The fourth-order valence-corrected chi connectivity index (χ4v) is 4.31. The lowest BCUT2D eigenvalue weighted by Gasteiger charge is -2.38. The summed E-state index contributed by atoms with van der Waals surface area (Å²) in [6.07, 6.45) is 3.39. The Labute approximate surface area is 172 Å². The molecular formula is C19H22Cl2N4O3. The minimum Gasteiger partial charge on any atom is -0.446 e. The molecule has 0 bridgehead atoms. The van der Waals surface area contributed by atoms with Gasteiger partial charge in [-0.05, 0) is 43.7 Å². The van der Waals surface area contributed by atoms with Gasteiger partial charge in [0.05, 0.1) is 17.7 Å². The molecule has 0 saturated carbocycles. The first-order valence-corrected chi connectivity index (χ1v) is 10.0. The first-order chi connectivity index (χ1) is 13.4. The SMILES string of the molecule is C[C@H]1CC2(CCN(c3nc(N)c(Oc4cccc(Cl)c4Cl)c(=O)[nH]3)CC2)CO1. The Hall–Kier alpha value is -1.96. The normalized spacial score (nSPS) is 21.2. The molecule has 0 radical (unpaired) electrons. The second-order valence-electron chi connectivity index (χ2n) is 7.57. The van der Waals surface area contributed by atoms with Crippen molar-refractivity contribution in [3.05, 3.63) is 38.6 Å². The molecule has 2 aliphatic heterocycles. The number of nitrogens with zero attached hydrogens (tertiary/aromatic N) is 2. The van der Waals surface area contributed by atoms with Crippen molar-refractivity contribution in [3.8, 4) is 11.5 Å². The number of ether oxygens (including phenoxy) is 2. The molecule has 1 atom stereocenters. The zero-order chi connectivity index (χ0) is 19.9. The van der Waals surface area contributed by atoms with Crippen LogP contribution in [0.25, 0.3) is 0 Å². The van der Waals surface area contributed by atoms with Crippen LogP contribution >= 0.6 is 23.2 Å². The molecule has 150 valence electrons. The van der Waals surface area contributed by atoms with Crippen LogP contribution in [0.15, 0.2) is 23.0 Å². The zero-order valence-corrected chi connectivity index (χ0v) is 17.0. The average Bonchev–Trinajstić information content (AvgIpc) is 3.02. The summed E-state index contributed by atoms with van der Waals surface area (Å²) in [5.41, 5.74) is 5.80. The van der Waals surface area contributed by atoms with Crippen LogP contribution < -0.4 is 20.9 Å². The summed E-state index contributed by atoms with van der Waals surface area (Å²) >= 11 is 12.1. The van der Waals surface area contributed by atoms with Crippen LogP contribution in [0, 0.1) is 5.41 Å². The van der Waals surface area contributed by atoms with E-state index >= 15 is 0 Å². The standard InChI is InChI=1S/C19H22Cl2N4O3/c1-11-9-19(10-27-11)5-7-25(8-6-19)18-23-16(22)15(17(26)24-18)28-13-4-2-3-12(20)14(13)21/h2-4,11H,5-10H2,1H3,(H3,22,23,24,26)/t11-/m0/s1. The summed E-state index contributed by atoms with van der Waals surface area (Å²) < 4.78 is 11.4. The summed E-state index contributed by atoms with van der Waals surface area (Å²) in [5, 5.41) is 0.535. The van der Waals surface area contributed by atoms with Gasteiger partial charge in [0.2, 0.25) is 11.7 Å². The summed E-state index contributed by atoms with van der Waals surface area (Å²) in [6.45, 7) is 4.50. The third-order valence-corrected chi connectivity index (χ3v) is 6.34. The topological polar surface area (TPSA) is 93.5 Å². The lowest BCUT2D eigenvalue weighted by Crippen LogP contribution is -2.42. The largest absolute Gasteiger partial charge is 0.446 e. The van der Waals surface area contributed by atoms with E-state index in [1.54, 1.807) is 18.2 Å². The highest BCUT2D eigenvalue weighted by molar-refractivity contribution is 6.42. The molecule has 0 unspecified atom stereocenters. The lowest BCUT2D eigenvalue weighted by atomic mass is 9.77. The third-order valence-electron chi connectivity index (χ3n) is 5.54. The van der Waals surface area contributed by atoms with E-state index in [2.05, 4.69) is 16.9 Å². The van der Waals surface area contributed by atoms with Crippen molar-refractivity contribution in [1.29, 1.82) is 0 Å². The molecule has 0 aliphatic carbocycles. The lowest BCUT2D eigenvalue weighted by molar-refractivity contribution is 0.0975. The van der Waals surface area contributed by atoms with Crippen LogP contribution in [-0.2, 0) is 4.74 Å². The minimum absolute atomic E-state index is 0.00732. The molecule has 2 saturated heterocycles. The predicted molar refractivity (Wildman–Crippen MR) is 110 cm³/mol. The molecule has 28 heavy (non-hydrogen) atoms. The summed E-state index contributed by atoms with van der Waals surface area (Å²) in [7, 11) is 0. The first kappa shape index (κ1) is 19.4. The molecule has 3 N–H and O–H groups in total. The highest BCUT2D eigenvalue weighted by atomic mass is 35.5. The Morgan fingerprint density at radius 1 is 1.36 bits per heavy atom. The second kappa shape index (κ2) is 7.46. The molecule has 2 aliphatic rings. The van der Waals surface area contributed by atoms with E-state index < -0.39 is 5.56 Å². The predicted octanol–water partition coefficient (Wildman–Crippen LogP) is 3.85. The fourth-order valence-electron chi connectivity index (χ4n) is 3.98. The van der Waals surface area contributed by atoms with Crippen molar-refractivity contribution in [1.82, 2.24) is 9.97 Å². The Kier molecular flexibility index (Phi) is 5.16. The molecule has 9 heteroatoms. The van der Waals surface area contributed by atoms with Gasteiger partial charge in [0.15, 0.2) is 5.82 Å². The highest BCUT2D eigenvalue weighted by Crippen LogP contribution is 2.42. The van der Waals surface area contributed by atoms with Gasteiger partial charge in [-0.25, -0.2) is 0 Å². The van der Waals surface area contributed by atoms with Gasteiger partial charge in [0, 0.05) is 13.1 Å². The van der Waals surface area contributed by atoms with Crippen molar-refractivity contribution in [2.45, 2.75) is 32.3 Å². The van der Waals surface area contributed by atoms with Gasteiger partial charge >= 0.3 is 0 Å². The molecule has 7 nitrogen and oxygen atoms in total. The van der Waals surface area contributed by atoms with Crippen molar-refractivity contribution in [3.63, 3.8) is 0 Å². The molecule has 1 spiro atoms. The number of anilines is 2. The number of aromatic amines is 1. The molecule has 2 fully saturated rings. The number of benzene rings is 1. The van der Waals surface area contributed by atoms with E-state index in [4.69, 9.17) is 38.4 Å². The smallest absolute Gasteiger partial charge is 0.297 e. The van der Waals surface area contributed by atoms with E-state index in [0.29, 0.717) is 17.1 Å². The maximum atomic E-state index is 12.6. The number of halogens is 2. The van der Waals surface area contributed by atoms with Gasteiger partial charge in [-0.15, -0.1) is 0 Å². The van der Waals surface area contributed by atoms with Crippen LogP contribution in [-0.4, -0.2) is 35.8 Å². The van der Waals surface area contributed by atoms with Gasteiger partial charge in [-0.3, -0.25) is 9.78 Å². The Bertz CT molecular complexity index is 941. The number of H-pyrrole nitrogens is 1. The number of hydrogen-bond donors (Lipinski definition) is 2. The zero-order valence-electron chi connectivity index (χ0n) is 15.5. The van der Waals surface area contributed by atoms with E-state index in [0.717, 1.165) is 39.0 Å². The monoisotopic (exact) mass is 424 g/mol. The fraction of sp³-hybridized carbons (Fsp3) is 0.474. The summed E-state index contributed by atoms with van der Waals surface area (Å²) in [5.74, 6) is 0.609. The van der Waals surface area contributed by atoms with E-state index in [1.807, 2.05) is 4.90 Å². The van der Waals surface area contributed by atoms with E-state index in [9.17, 15) is 4.79 Å². The summed E-state index contributed by atoms with van der Waals surface area (Å²) in [4.78, 5) is 21.7. The van der Waals surface area contributed by atoms with Crippen molar-refractivity contribution < 1.29 is 9.47 Å². The van der Waals surface area contributed by atoms with Crippen LogP contribution in [0.1, 0.15) is 26.2 Å². The van der Waals surface area contributed by atoms with Gasteiger partial charge in [-0.1, -0.05) is 29.3 Å². The molecule has 3 heterocycles. The van der Waals surface area contributed by atoms with Gasteiger partial charge < -0.3 is 20.1 Å². The second-order valence-corrected chi connectivity index (χ2v) is 8.36. The molecule has 4 rings (SSSR count). The Morgan fingerprint density at radius 2 is 2.11 bits per heavy atom. The Balaban J connectivity index is 1.52. The van der Waals surface area contributed by atoms with Crippen molar-refractivity contribution in [2.24, 2.45) is 5.41 Å². The van der Waals surface area contributed by atoms with E-state index in [-0.39, 0.29) is 27.8 Å². The van der Waals surface area contributed by atoms with Gasteiger partial charge in [0.25, 0.3) is 5.56 Å². The average molecular weight is 425 g/mol. The molecular weight excluding hydrogens is 403 g/mol. The third kappa shape index (κ3) is 3.66. The van der Waals surface area contributed by atoms with E-state index in [1.165, 1.54) is 0 Å². The molecule has 1 aromatic carbocycles. The number of nitrogen functional groups attached to an aromatic ring is 1.